The Bertz CT molecular complexity index is 1060. The number of carboxylic acids is 1. The van der Waals surface area contributed by atoms with Crippen LogP contribution in [0, 0.1) is 0 Å². The molecule has 3 aliphatic rings. The van der Waals surface area contributed by atoms with Gasteiger partial charge in [-0.25, -0.2) is 4.98 Å². The van der Waals surface area contributed by atoms with Crippen LogP contribution in [0.1, 0.15) is 73.0 Å². The molecule has 0 amide bonds. The van der Waals surface area contributed by atoms with Crippen molar-refractivity contribution in [1.82, 2.24) is 9.88 Å². The van der Waals surface area contributed by atoms with Gasteiger partial charge in [0, 0.05) is 31.9 Å². The predicted octanol–water partition coefficient (Wildman–Crippen LogP) is 4.53. The smallest absolute Gasteiger partial charge is 0.325 e. The number of pyridine rings is 1. The highest BCUT2D eigenvalue weighted by Gasteiger charge is 2.36. The average molecular weight is 494 g/mol. The van der Waals surface area contributed by atoms with E-state index in [2.05, 4.69) is 35.3 Å². The number of nitrogens with one attached hydrogen (secondary N) is 1. The second-order valence-electron chi connectivity index (χ2n) is 10.3. The summed E-state index contributed by atoms with van der Waals surface area (Å²) in [5, 5.41) is 13.6. The summed E-state index contributed by atoms with van der Waals surface area (Å²) in [5.41, 5.74) is 5.68. The van der Waals surface area contributed by atoms with Crippen LogP contribution >= 0.6 is 0 Å². The lowest BCUT2D eigenvalue weighted by Gasteiger charge is -2.31. The Kier molecular flexibility index (Phi) is 8.19. The molecule has 1 unspecified atom stereocenters. The fraction of sp³-hybridized carbons (Fsp3) is 0.586. The van der Waals surface area contributed by atoms with E-state index < -0.39 is 12.0 Å². The Morgan fingerprint density at radius 3 is 3.06 bits per heavy atom. The standard InChI is InChI=1S/C29H39N3O4/c1-2-23-17-26-21(19-36-23)7-5-10-25(26)27(29(33)34)32-15-13-24(18-32)35-16-4-3-9-22-12-11-20-8-6-14-30-28(20)31-22/h5,7,10-12,23-24,27H,2-4,6,8-9,13-19H2,1H3,(H,30,31)(H,33,34)/t23?,24-,27-/m1/s1. The van der Waals surface area contributed by atoms with Gasteiger partial charge in [-0.15, -0.1) is 0 Å². The van der Waals surface area contributed by atoms with E-state index in [1.807, 2.05) is 12.1 Å². The van der Waals surface area contributed by atoms with Gasteiger partial charge >= 0.3 is 5.97 Å². The first-order chi connectivity index (χ1) is 17.6. The molecule has 2 aromatic rings. The van der Waals surface area contributed by atoms with Crippen molar-refractivity contribution in [3.05, 3.63) is 58.3 Å². The average Bonchev–Trinajstić information content (AvgIpc) is 3.36. The number of anilines is 1. The molecule has 2 N–H and O–H groups in total. The summed E-state index contributed by atoms with van der Waals surface area (Å²) in [7, 11) is 0. The van der Waals surface area contributed by atoms with E-state index in [0.29, 0.717) is 19.8 Å². The molecule has 1 fully saturated rings. The van der Waals surface area contributed by atoms with Gasteiger partial charge in [-0.3, -0.25) is 9.69 Å². The van der Waals surface area contributed by atoms with Gasteiger partial charge in [0.15, 0.2) is 0 Å². The van der Waals surface area contributed by atoms with Crippen LogP contribution in [0.15, 0.2) is 30.3 Å². The van der Waals surface area contributed by atoms with Crippen molar-refractivity contribution in [2.75, 3.05) is 31.6 Å². The van der Waals surface area contributed by atoms with Gasteiger partial charge in [0.1, 0.15) is 11.9 Å². The molecule has 0 bridgehead atoms. The Labute approximate surface area is 214 Å². The van der Waals surface area contributed by atoms with Crippen molar-refractivity contribution in [3.63, 3.8) is 0 Å². The van der Waals surface area contributed by atoms with Crippen molar-refractivity contribution >= 4 is 11.8 Å². The predicted molar refractivity (Wildman–Crippen MR) is 139 cm³/mol. The third-order valence-corrected chi connectivity index (χ3v) is 7.87. The van der Waals surface area contributed by atoms with Gasteiger partial charge in [-0.05, 0) is 79.7 Å². The first-order valence-corrected chi connectivity index (χ1v) is 13.7. The van der Waals surface area contributed by atoms with Crippen LogP contribution in [0.2, 0.25) is 0 Å². The fourth-order valence-electron chi connectivity index (χ4n) is 5.83. The van der Waals surface area contributed by atoms with Gasteiger partial charge in [0.05, 0.1) is 18.8 Å². The highest BCUT2D eigenvalue weighted by atomic mass is 16.5. The number of likely N-dealkylation sites (tertiary alicyclic amines) is 1. The summed E-state index contributed by atoms with van der Waals surface area (Å²) in [4.78, 5) is 19.3. The summed E-state index contributed by atoms with van der Waals surface area (Å²) in [6.45, 7) is 5.80. The summed E-state index contributed by atoms with van der Waals surface area (Å²) in [6.07, 6.45) is 8.12. The van der Waals surface area contributed by atoms with Crippen LogP contribution in [0.3, 0.4) is 0 Å². The minimum absolute atomic E-state index is 0.0872. The number of carboxylic acid groups (broad SMARTS) is 1. The zero-order valence-corrected chi connectivity index (χ0v) is 21.4. The van der Waals surface area contributed by atoms with Crippen LogP contribution in [0.5, 0.6) is 0 Å². The SMILES string of the molecule is CCC1Cc2c(cccc2[C@H](C(=O)O)N2CC[C@@H](OCCCCc3ccc4c(n3)NCCC4)C2)CO1. The minimum atomic E-state index is -0.782. The summed E-state index contributed by atoms with van der Waals surface area (Å²) < 4.78 is 12.1. The minimum Gasteiger partial charge on any atom is -0.480 e. The second kappa shape index (κ2) is 11.7. The maximum atomic E-state index is 12.4. The van der Waals surface area contributed by atoms with Crippen molar-refractivity contribution in [2.45, 2.75) is 83.1 Å². The molecule has 7 nitrogen and oxygen atoms in total. The largest absolute Gasteiger partial charge is 0.480 e. The lowest BCUT2D eigenvalue weighted by Crippen LogP contribution is -2.35. The lowest BCUT2D eigenvalue weighted by molar-refractivity contribution is -0.143. The Hall–Kier alpha value is -2.48. The number of hydrogen-bond donors (Lipinski definition) is 2. The number of rotatable bonds is 10. The molecule has 3 atom stereocenters. The van der Waals surface area contributed by atoms with Crippen LogP contribution in [0.25, 0.3) is 0 Å². The molecule has 3 aliphatic heterocycles. The highest BCUT2D eigenvalue weighted by molar-refractivity contribution is 5.76. The van der Waals surface area contributed by atoms with E-state index >= 15 is 0 Å². The molecule has 1 aromatic carbocycles. The zero-order valence-electron chi connectivity index (χ0n) is 21.4. The molecule has 0 saturated carbocycles. The maximum absolute atomic E-state index is 12.4. The quantitative estimate of drug-likeness (QED) is 0.471. The number of aromatic nitrogens is 1. The third-order valence-electron chi connectivity index (χ3n) is 7.87. The van der Waals surface area contributed by atoms with Gasteiger partial charge < -0.3 is 19.9 Å². The fourth-order valence-corrected chi connectivity index (χ4v) is 5.83. The van der Waals surface area contributed by atoms with E-state index in [1.165, 1.54) is 17.5 Å². The van der Waals surface area contributed by atoms with Gasteiger partial charge in [0.2, 0.25) is 0 Å². The van der Waals surface area contributed by atoms with Crippen LogP contribution in [-0.4, -0.2) is 59.4 Å². The second-order valence-corrected chi connectivity index (χ2v) is 10.3. The van der Waals surface area contributed by atoms with Crippen molar-refractivity contribution in [2.24, 2.45) is 0 Å². The number of ether oxygens (including phenoxy) is 2. The molecule has 36 heavy (non-hydrogen) atoms. The summed E-state index contributed by atoms with van der Waals surface area (Å²) in [6, 6.07) is 9.77. The maximum Gasteiger partial charge on any atom is 0.325 e. The molecular formula is C29H39N3O4. The topological polar surface area (TPSA) is 83.9 Å². The normalized spacial score (nSPS) is 22.5. The molecular weight excluding hydrogens is 454 g/mol. The number of fused-ring (bicyclic) bond motifs is 2. The number of unbranched alkanes of at least 4 members (excludes halogenated alkanes) is 1. The molecule has 0 spiro atoms. The first kappa shape index (κ1) is 25.2. The molecule has 1 saturated heterocycles. The van der Waals surface area contributed by atoms with Crippen molar-refractivity contribution < 1.29 is 19.4 Å². The molecule has 4 heterocycles. The monoisotopic (exact) mass is 493 g/mol. The van der Waals surface area contributed by atoms with Crippen molar-refractivity contribution in [3.8, 4) is 0 Å². The molecule has 194 valence electrons. The van der Waals surface area contributed by atoms with Crippen LogP contribution in [0.4, 0.5) is 5.82 Å². The Morgan fingerprint density at radius 1 is 1.28 bits per heavy atom. The van der Waals surface area contributed by atoms with Gasteiger partial charge in [0.25, 0.3) is 0 Å². The Morgan fingerprint density at radius 2 is 2.19 bits per heavy atom. The van der Waals surface area contributed by atoms with E-state index in [1.54, 1.807) is 0 Å². The van der Waals surface area contributed by atoms with Gasteiger partial charge in [-0.1, -0.05) is 31.2 Å². The van der Waals surface area contributed by atoms with Crippen molar-refractivity contribution in [1.29, 1.82) is 0 Å². The van der Waals surface area contributed by atoms with E-state index in [4.69, 9.17) is 14.5 Å². The highest BCUT2D eigenvalue weighted by Crippen LogP contribution is 2.34. The number of aryl methyl sites for hydroxylation is 2. The molecule has 0 radical (unpaired) electrons. The summed E-state index contributed by atoms with van der Waals surface area (Å²) in [5.74, 6) is 0.280. The lowest BCUT2D eigenvalue weighted by atomic mass is 9.89. The van der Waals surface area contributed by atoms with E-state index in [9.17, 15) is 9.90 Å². The van der Waals surface area contributed by atoms with Crippen LogP contribution in [-0.2, 0) is 40.1 Å². The summed E-state index contributed by atoms with van der Waals surface area (Å²) >= 11 is 0. The molecule has 0 aliphatic carbocycles. The van der Waals surface area contributed by atoms with Gasteiger partial charge in [-0.2, -0.15) is 0 Å². The Balaban J connectivity index is 1.12. The molecule has 5 rings (SSSR count). The van der Waals surface area contributed by atoms with E-state index in [-0.39, 0.29) is 12.2 Å². The number of nitrogens with zero attached hydrogens (tertiary/aromatic N) is 2. The van der Waals surface area contributed by atoms with E-state index in [0.717, 1.165) is 80.7 Å². The molecule has 1 aromatic heterocycles. The molecule has 7 heteroatoms. The zero-order chi connectivity index (χ0) is 24.9. The first-order valence-electron chi connectivity index (χ1n) is 13.7. The number of carbonyl (C=O) groups is 1. The number of aliphatic carboxylic acids is 1. The number of benzene rings is 1. The number of hydrogen-bond acceptors (Lipinski definition) is 6. The third kappa shape index (κ3) is 5.74. The van der Waals surface area contributed by atoms with Crippen LogP contribution < -0.4 is 5.32 Å².